The third kappa shape index (κ3) is 4.44. The van der Waals surface area contributed by atoms with Crippen LogP contribution in [0.15, 0.2) is 73.1 Å². The number of carboxylic acid groups (broad SMARTS) is 1. The fourth-order valence-electron chi connectivity index (χ4n) is 3.17. The van der Waals surface area contributed by atoms with Crippen LogP contribution in [0.25, 0.3) is 16.9 Å². The highest BCUT2D eigenvalue weighted by atomic mass is 16.6. The van der Waals surface area contributed by atoms with Crippen LogP contribution in [0.2, 0.25) is 0 Å². The number of nitrogens with zero attached hydrogens (tertiary/aromatic N) is 4. The molecule has 4 rings (SSSR count). The van der Waals surface area contributed by atoms with E-state index in [1.807, 2.05) is 57.2 Å². The Balaban J connectivity index is 1.76. The topological polar surface area (TPSA) is 97.0 Å². The first-order valence-electron chi connectivity index (χ1n) is 9.99. The van der Waals surface area contributed by atoms with Crippen molar-refractivity contribution in [3.8, 4) is 11.3 Å². The minimum absolute atomic E-state index is 0.0379. The zero-order valence-electron chi connectivity index (χ0n) is 17.9. The van der Waals surface area contributed by atoms with Gasteiger partial charge in [-0.1, -0.05) is 24.3 Å². The molecule has 0 saturated carbocycles. The van der Waals surface area contributed by atoms with E-state index < -0.39 is 17.7 Å². The second-order valence-electron chi connectivity index (χ2n) is 8.15. The number of amides is 1. The SMILES string of the molecule is CC(C)(C)OC(=O)N(c1ccccc1)c1cccc(-c2ccc3nc(C(=O)O)cn3c2)n1. The Bertz CT molecular complexity index is 1290. The average molecular weight is 430 g/mol. The Morgan fingerprint density at radius 3 is 2.38 bits per heavy atom. The number of imidazole rings is 1. The number of fused-ring (bicyclic) bond motifs is 1. The van der Waals surface area contributed by atoms with Crippen LogP contribution in [0.3, 0.4) is 0 Å². The molecule has 1 amide bonds. The van der Waals surface area contributed by atoms with Crippen LogP contribution in [0.5, 0.6) is 0 Å². The van der Waals surface area contributed by atoms with Crippen molar-refractivity contribution in [3.63, 3.8) is 0 Å². The monoisotopic (exact) mass is 430 g/mol. The number of carboxylic acids is 1. The molecule has 1 N–H and O–H groups in total. The smallest absolute Gasteiger partial charge is 0.420 e. The molecule has 0 atom stereocenters. The van der Waals surface area contributed by atoms with Gasteiger partial charge in [0.15, 0.2) is 5.69 Å². The molecule has 0 radical (unpaired) electrons. The van der Waals surface area contributed by atoms with Gasteiger partial charge in [-0.2, -0.15) is 0 Å². The largest absolute Gasteiger partial charge is 0.476 e. The molecule has 1 aromatic carbocycles. The van der Waals surface area contributed by atoms with Gasteiger partial charge in [0.2, 0.25) is 0 Å². The summed E-state index contributed by atoms with van der Waals surface area (Å²) in [7, 11) is 0. The van der Waals surface area contributed by atoms with Gasteiger partial charge in [0.05, 0.1) is 11.4 Å². The number of carbonyl (C=O) groups excluding carboxylic acids is 1. The highest BCUT2D eigenvalue weighted by molar-refractivity contribution is 5.95. The molecular formula is C24H22N4O4. The summed E-state index contributed by atoms with van der Waals surface area (Å²) in [4.78, 5) is 34.4. The summed E-state index contributed by atoms with van der Waals surface area (Å²) in [5.74, 6) is -0.689. The predicted octanol–water partition coefficient (Wildman–Crippen LogP) is 5.17. The number of pyridine rings is 2. The molecule has 3 aromatic heterocycles. The van der Waals surface area contributed by atoms with Crippen LogP contribution in [-0.2, 0) is 4.74 Å². The lowest BCUT2D eigenvalue weighted by atomic mass is 10.2. The van der Waals surface area contributed by atoms with E-state index in [4.69, 9.17) is 9.72 Å². The Morgan fingerprint density at radius 2 is 1.69 bits per heavy atom. The van der Waals surface area contributed by atoms with Crippen LogP contribution in [-0.4, -0.2) is 37.1 Å². The van der Waals surface area contributed by atoms with Crippen LogP contribution >= 0.6 is 0 Å². The van der Waals surface area contributed by atoms with Gasteiger partial charge in [-0.3, -0.25) is 0 Å². The number of aromatic carboxylic acids is 1. The van der Waals surface area contributed by atoms with Gasteiger partial charge in [-0.05, 0) is 57.2 Å². The Kier molecular flexibility index (Phi) is 5.36. The number of carbonyl (C=O) groups is 2. The maximum absolute atomic E-state index is 13.0. The first-order valence-corrected chi connectivity index (χ1v) is 9.99. The molecule has 4 aromatic rings. The summed E-state index contributed by atoms with van der Waals surface area (Å²) in [6.45, 7) is 5.43. The Labute approximate surface area is 184 Å². The molecule has 3 heterocycles. The van der Waals surface area contributed by atoms with Gasteiger partial charge >= 0.3 is 12.1 Å². The number of ether oxygens (including phenoxy) is 1. The highest BCUT2D eigenvalue weighted by Gasteiger charge is 2.26. The van der Waals surface area contributed by atoms with E-state index >= 15 is 0 Å². The van der Waals surface area contributed by atoms with Gasteiger partial charge in [0.25, 0.3) is 0 Å². The maximum Gasteiger partial charge on any atom is 0.420 e. The zero-order chi connectivity index (χ0) is 22.9. The molecule has 0 aliphatic carbocycles. The molecule has 8 heteroatoms. The Morgan fingerprint density at radius 1 is 0.938 bits per heavy atom. The molecule has 0 aliphatic heterocycles. The van der Waals surface area contributed by atoms with Crippen LogP contribution in [0.1, 0.15) is 31.3 Å². The van der Waals surface area contributed by atoms with Crippen molar-refractivity contribution >= 4 is 29.2 Å². The maximum atomic E-state index is 13.0. The van der Waals surface area contributed by atoms with Crippen molar-refractivity contribution in [2.45, 2.75) is 26.4 Å². The van der Waals surface area contributed by atoms with E-state index in [1.165, 1.54) is 11.1 Å². The van der Waals surface area contributed by atoms with E-state index in [0.29, 0.717) is 22.8 Å². The minimum Gasteiger partial charge on any atom is -0.476 e. The highest BCUT2D eigenvalue weighted by Crippen LogP contribution is 2.28. The molecule has 0 saturated heterocycles. The van der Waals surface area contributed by atoms with Crippen molar-refractivity contribution in [2.75, 3.05) is 4.90 Å². The number of hydrogen-bond donors (Lipinski definition) is 1. The lowest BCUT2D eigenvalue weighted by molar-refractivity contribution is 0.0597. The minimum atomic E-state index is -1.09. The second kappa shape index (κ2) is 8.14. The summed E-state index contributed by atoms with van der Waals surface area (Å²) in [6.07, 6.45) is 2.66. The van der Waals surface area contributed by atoms with E-state index in [9.17, 15) is 14.7 Å². The van der Waals surface area contributed by atoms with Crippen molar-refractivity contribution in [1.82, 2.24) is 14.4 Å². The molecule has 8 nitrogen and oxygen atoms in total. The van der Waals surface area contributed by atoms with Crippen LogP contribution in [0.4, 0.5) is 16.3 Å². The van der Waals surface area contributed by atoms with E-state index in [1.54, 1.807) is 34.9 Å². The summed E-state index contributed by atoms with van der Waals surface area (Å²) >= 11 is 0. The lowest BCUT2D eigenvalue weighted by Gasteiger charge is -2.27. The molecule has 162 valence electrons. The molecule has 32 heavy (non-hydrogen) atoms. The number of benzene rings is 1. The third-order valence-corrected chi connectivity index (χ3v) is 4.52. The lowest BCUT2D eigenvalue weighted by Crippen LogP contribution is -2.34. The van der Waals surface area contributed by atoms with Crippen molar-refractivity contribution < 1.29 is 19.4 Å². The van der Waals surface area contributed by atoms with Gasteiger partial charge < -0.3 is 14.2 Å². The first kappa shape index (κ1) is 21.0. The number of para-hydroxylation sites is 1. The van der Waals surface area contributed by atoms with E-state index in [0.717, 1.165) is 5.56 Å². The van der Waals surface area contributed by atoms with Crippen molar-refractivity contribution in [3.05, 3.63) is 78.8 Å². The first-order chi connectivity index (χ1) is 15.2. The Hall–Kier alpha value is -4.20. The van der Waals surface area contributed by atoms with Crippen molar-refractivity contribution in [1.29, 1.82) is 0 Å². The number of rotatable bonds is 4. The quantitative estimate of drug-likeness (QED) is 0.480. The van der Waals surface area contributed by atoms with Gasteiger partial charge in [-0.25, -0.2) is 24.5 Å². The normalized spacial score (nSPS) is 11.3. The summed E-state index contributed by atoms with van der Waals surface area (Å²) in [5, 5.41) is 9.17. The van der Waals surface area contributed by atoms with Gasteiger partial charge in [0.1, 0.15) is 17.1 Å². The summed E-state index contributed by atoms with van der Waals surface area (Å²) in [5.41, 5.74) is 1.79. The summed E-state index contributed by atoms with van der Waals surface area (Å²) in [6, 6.07) is 18.0. The van der Waals surface area contributed by atoms with Gasteiger partial charge in [0, 0.05) is 18.0 Å². The van der Waals surface area contributed by atoms with E-state index in [2.05, 4.69) is 4.98 Å². The summed E-state index contributed by atoms with van der Waals surface area (Å²) < 4.78 is 7.25. The van der Waals surface area contributed by atoms with Crippen LogP contribution < -0.4 is 4.90 Å². The molecular weight excluding hydrogens is 408 g/mol. The average Bonchev–Trinajstić information content (AvgIpc) is 3.17. The third-order valence-electron chi connectivity index (χ3n) is 4.52. The standard InChI is InChI=1S/C24H22N4O4/c1-24(2,3)32-23(31)28(17-8-5-4-6-9-17)21-11-7-10-18(25-21)16-12-13-20-26-19(22(29)30)15-27(20)14-16/h4-15H,1-3H3,(H,29,30). The van der Waals surface area contributed by atoms with E-state index in [-0.39, 0.29) is 5.69 Å². The fraction of sp³-hybridized carbons (Fsp3) is 0.167. The zero-order valence-corrected chi connectivity index (χ0v) is 17.9. The van der Waals surface area contributed by atoms with Gasteiger partial charge in [-0.15, -0.1) is 0 Å². The van der Waals surface area contributed by atoms with Crippen molar-refractivity contribution in [2.24, 2.45) is 0 Å². The second-order valence-corrected chi connectivity index (χ2v) is 8.15. The number of hydrogen-bond acceptors (Lipinski definition) is 5. The molecule has 0 fully saturated rings. The fourth-order valence-corrected chi connectivity index (χ4v) is 3.17. The number of aromatic nitrogens is 3. The van der Waals surface area contributed by atoms with Crippen LogP contribution in [0, 0.1) is 0 Å². The predicted molar refractivity (Wildman–Crippen MR) is 120 cm³/mol. The molecule has 0 aliphatic rings. The number of anilines is 2. The molecule has 0 bridgehead atoms. The molecule has 0 unspecified atom stereocenters. The molecule has 0 spiro atoms.